The standard InChI is InChI=1S/C9H10BrNO2/c10-8-3-6(5-12)1-2-7(8)4-9(11)13/h1-3,12H,4-5H2,(H2,11,13). The van der Waals surface area contributed by atoms with Gasteiger partial charge in [0.25, 0.3) is 0 Å². The Morgan fingerprint density at radius 1 is 1.54 bits per heavy atom. The lowest BCUT2D eigenvalue weighted by atomic mass is 10.1. The number of aliphatic hydroxyl groups is 1. The molecule has 4 heteroatoms. The van der Waals surface area contributed by atoms with Crippen molar-refractivity contribution in [1.82, 2.24) is 0 Å². The predicted octanol–water partition coefficient (Wildman–Crippen LogP) is 0.969. The molecule has 70 valence electrons. The first kappa shape index (κ1) is 10.2. The van der Waals surface area contributed by atoms with Crippen LogP contribution in [0.3, 0.4) is 0 Å². The van der Waals surface area contributed by atoms with Crippen LogP contribution in [-0.2, 0) is 17.8 Å². The van der Waals surface area contributed by atoms with Gasteiger partial charge in [-0.05, 0) is 17.2 Å². The molecule has 0 saturated heterocycles. The third kappa shape index (κ3) is 2.82. The van der Waals surface area contributed by atoms with E-state index in [0.717, 1.165) is 15.6 Å². The number of rotatable bonds is 3. The van der Waals surface area contributed by atoms with E-state index in [1.165, 1.54) is 0 Å². The van der Waals surface area contributed by atoms with Gasteiger partial charge >= 0.3 is 0 Å². The van der Waals surface area contributed by atoms with Gasteiger partial charge in [-0.1, -0.05) is 28.1 Å². The normalized spacial score (nSPS) is 10.0. The fourth-order valence-corrected chi connectivity index (χ4v) is 1.59. The van der Waals surface area contributed by atoms with E-state index in [0.29, 0.717) is 0 Å². The van der Waals surface area contributed by atoms with Gasteiger partial charge in [-0.2, -0.15) is 0 Å². The summed E-state index contributed by atoms with van der Waals surface area (Å²) in [5.74, 6) is -0.363. The van der Waals surface area contributed by atoms with Crippen LogP contribution in [-0.4, -0.2) is 11.0 Å². The molecule has 0 saturated carbocycles. The molecule has 1 rings (SSSR count). The summed E-state index contributed by atoms with van der Waals surface area (Å²) >= 11 is 3.30. The maximum Gasteiger partial charge on any atom is 0.221 e. The van der Waals surface area contributed by atoms with Crippen LogP contribution >= 0.6 is 15.9 Å². The van der Waals surface area contributed by atoms with Gasteiger partial charge in [0.15, 0.2) is 0 Å². The highest BCUT2D eigenvalue weighted by molar-refractivity contribution is 9.10. The van der Waals surface area contributed by atoms with Gasteiger partial charge in [0, 0.05) is 4.47 Å². The quantitative estimate of drug-likeness (QED) is 0.832. The summed E-state index contributed by atoms with van der Waals surface area (Å²) in [4.78, 5) is 10.6. The monoisotopic (exact) mass is 243 g/mol. The Morgan fingerprint density at radius 2 is 2.23 bits per heavy atom. The summed E-state index contributed by atoms with van der Waals surface area (Å²) in [6.07, 6.45) is 0.215. The van der Waals surface area contributed by atoms with E-state index in [4.69, 9.17) is 10.8 Å². The molecule has 3 N–H and O–H groups in total. The molecule has 0 fully saturated rings. The lowest BCUT2D eigenvalue weighted by Gasteiger charge is -2.03. The summed E-state index contributed by atoms with van der Waals surface area (Å²) in [5.41, 5.74) is 6.70. The average molecular weight is 244 g/mol. The molecule has 0 bridgehead atoms. The summed E-state index contributed by atoms with van der Waals surface area (Å²) in [7, 11) is 0. The van der Waals surface area contributed by atoms with Crippen molar-refractivity contribution in [3.63, 3.8) is 0 Å². The Balaban J connectivity index is 2.91. The number of hydrogen-bond donors (Lipinski definition) is 2. The molecule has 0 radical (unpaired) electrons. The Morgan fingerprint density at radius 3 is 2.69 bits per heavy atom. The zero-order chi connectivity index (χ0) is 9.84. The van der Waals surface area contributed by atoms with Gasteiger partial charge in [-0.25, -0.2) is 0 Å². The zero-order valence-electron chi connectivity index (χ0n) is 6.96. The van der Waals surface area contributed by atoms with Gasteiger partial charge in [-0.3, -0.25) is 4.79 Å². The van der Waals surface area contributed by atoms with E-state index in [-0.39, 0.29) is 18.9 Å². The highest BCUT2D eigenvalue weighted by Crippen LogP contribution is 2.19. The number of amides is 1. The smallest absolute Gasteiger partial charge is 0.221 e. The maximum absolute atomic E-state index is 10.6. The summed E-state index contributed by atoms with van der Waals surface area (Å²) in [5, 5.41) is 8.82. The highest BCUT2D eigenvalue weighted by atomic mass is 79.9. The van der Waals surface area contributed by atoms with Gasteiger partial charge in [-0.15, -0.1) is 0 Å². The van der Waals surface area contributed by atoms with Crippen molar-refractivity contribution in [3.8, 4) is 0 Å². The van der Waals surface area contributed by atoms with E-state index in [2.05, 4.69) is 15.9 Å². The Kier molecular flexibility index (Phi) is 3.45. The molecule has 3 nitrogen and oxygen atoms in total. The van der Waals surface area contributed by atoms with Gasteiger partial charge in [0.1, 0.15) is 0 Å². The van der Waals surface area contributed by atoms with Crippen molar-refractivity contribution >= 4 is 21.8 Å². The lowest BCUT2D eigenvalue weighted by Crippen LogP contribution is -2.13. The number of nitrogens with two attached hydrogens (primary N) is 1. The molecular weight excluding hydrogens is 234 g/mol. The van der Waals surface area contributed by atoms with Gasteiger partial charge in [0.2, 0.25) is 5.91 Å². The van der Waals surface area contributed by atoms with Crippen LogP contribution in [0.2, 0.25) is 0 Å². The van der Waals surface area contributed by atoms with Crippen LogP contribution in [0.1, 0.15) is 11.1 Å². The number of carbonyl (C=O) groups is 1. The van der Waals surface area contributed by atoms with Crippen LogP contribution in [0.5, 0.6) is 0 Å². The first-order valence-corrected chi connectivity index (χ1v) is 4.59. The van der Waals surface area contributed by atoms with Gasteiger partial charge in [0.05, 0.1) is 13.0 Å². The van der Waals surface area contributed by atoms with E-state index in [1.807, 2.05) is 0 Å². The third-order valence-corrected chi connectivity index (χ3v) is 2.40. The van der Waals surface area contributed by atoms with Crippen molar-refractivity contribution in [1.29, 1.82) is 0 Å². The number of aliphatic hydroxyl groups excluding tert-OH is 1. The Bertz CT molecular complexity index is 325. The molecule has 1 amide bonds. The second kappa shape index (κ2) is 4.39. The second-order valence-electron chi connectivity index (χ2n) is 2.73. The van der Waals surface area contributed by atoms with Crippen molar-refractivity contribution in [2.24, 2.45) is 5.73 Å². The molecular formula is C9H10BrNO2. The number of primary amides is 1. The number of hydrogen-bond acceptors (Lipinski definition) is 2. The van der Waals surface area contributed by atoms with Crippen molar-refractivity contribution in [2.75, 3.05) is 0 Å². The molecule has 0 aliphatic rings. The van der Waals surface area contributed by atoms with E-state index in [9.17, 15) is 4.79 Å². The topological polar surface area (TPSA) is 63.3 Å². The molecule has 0 spiro atoms. The Hall–Kier alpha value is -0.870. The van der Waals surface area contributed by atoms with Crippen molar-refractivity contribution < 1.29 is 9.90 Å². The van der Waals surface area contributed by atoms with Crippen molar-refractivity contribution in [3.05, 3.63) is 33.8 Å². The van der Waals surface area contributed by atoms with E-state index in [1.54, 1.807) is 18.2 Å². The fourth-order valence-electron chi connectivity index (χ4n) is 1.02. The summed E-state index contributed by atoms with van der Waals surface area (Å²) in [6, 6.07) is 5.32. The first-order chi connectivity index (χ1) is 6.13. The molecule has 0 heterocycles. The second-order valence-corrected chi connectivity index (χ2v) is 3.58. The number of benzene rings is 1. The molecule has 0 atom stereocenters. The highest BCUT2D eigenvalue weighted by Gasteiger charge is 2.03. The molecule has 1 aromatic carbocycles. The molecule has 0 unspecified atom stereocenters. The minimum absolute atomic E-state index is 0.00451. The van der Waals surface area contributed by atoms with Crippen LogP contribution in [0.25, 0.3) is 0 Å². The average Bonchev–Trinajstić information content (AvgIpc) is 2.08. The summed E-state index contributed by atoms with van der Waals surface area (Å²) in [6.45, 7) is -0.00451. The van der Waals surface area contributed by atoms with E-state index < -0.39 is 0 Å². The zero-order valence-corrected chi connectivity index (χ0v) is 8.54. The van der Waals surface area contributed by atoms with Crippen LogP contribution < -0.4 is 5.73 Å². The molecule has 0 aromatic heterocycles. The van der Waals surface area contributed by atoms with Crippen LogP contribution in [0, 0.1) is 0 Å². The van der Waals surface area contributed by atoms with Gasteiger partial charge < -0.3 is 10.8 Å². The minimum atomic E-state index is -0.363. The minimum Gasteiger partial charge on any atom is -0.392 e. The maximum atomic E-state index is 10.6. The number of halogens is 1. The lowest BCUT2D eigenvalue weighted by molar-refractivity contribution is -0.117. The molecule has 1 aromatic rings. The first-order valence-electron chi connectivity index (χ1n) is 3.80. The predicted molar refractivity (Wildman–Crippen MR) is 53.0 cm³/mol. The molecule has 0 aliphatic heterocycles. The Labute approximate surface area is 84.7 Å². The third-order valence-electron chi connectivity index (χ3n) is 1.66. The fraction of sp³-hybridized carbons (Fsp3) is 0.222. The van der Waals surface area contributed by atoms with Crippen molar-refractivity contribution in [2.45, 2.75) is 13.0 Å². The summed E-state index contributed by atoms with van der Waals surface area (Å²) < 4.78 is 0.804. The van der Waals surface area contributed by atoms with E-state index >= 15 is 0 Å². The van der Waals surface area contributed by atoms with Crippen LogP contribution in [0.15, 0.2) is 22.7 Å². The molecule has 13 heavy (non-hydrogen) atoms. The number of carbonyl (C=O) groups excluding carboxylic acids is 1. The SMILES string of the molecule is NC(=O)Cc1ccc(CO)cc1Br. The largest absolute Gasteiger partial charge is 0.392 e. The van der Waals surface area contributed by atoms with Crippen LogP contribution in [0.4, 0.5) is 0 Å². The molecule has 0 aliphatic carbocycles.